The van der Waals surface area contributed by atoms with E-state index in [1.54, 1.807) is 13.8 Å². The molecule has 1 amide bonds. The smallest absolute Gasteiger partial charge is 0.313 e. The number of methoxy groups -OCH3 is 1. The first-order valence-corrected chi connectivity index (χ1v) is 6.51. The Bertz CT molecular complexity index is 297. The highest BCUT2D eigenvalue weighted by Crippen LogP contribution is 2.17. The molecule has 1 aliphatic rings. The summed E-state index contributed by atoms with van der Waals surface area (Å²) >= 11 is 0. The van der Waals surface area contributed by atoms with E-state index < -0.39 is 5.41 Å². The Morgan fingerprint density at radius 1 is 1.33 bits per heavy atom. The van der Waals surface area contributed by atoms with Gasteiger partial charge in [0.2, 0.25) is 5.91 Å². The van der Waals surface area contributed by atoms with Gasteiger partial charge in [-0.25, -0.2) is 0 Å². The number of rotatable bonds is 5. The standard InChI is InChI=1S/C13H24N2O3/c1-13(2,12(17)18-3)9-15-11(16)8-10-4-6-14-7-5-10/h10,14H,4-9H2,1-3H3,(H,15,16). The molecule has 0 aliphatic carbocycles. The average molecular weight is 256 g/mol. The van der Waals surface area contributed by atoms with E-state index in [2.05, 4.69) is 10.6 Å². The van der Waals surface area contributed by atoms with Gasteiger partial charge in [0, 0.05) is 13.0 Å². The maximum atomic E-state index is 11.8. The lowest BCUT2D eigenvalue weighted by Crippen LogP contribution is -2.40. The molecule has 1 heterocycles. The maximum Gasteiger partial charge on any atom is 0.313 e. The van der Waals surface area contributed by atoms with Crippen LogP contribution in [0.4, 0.5) is 0 Å². The first kappa shape index (κ1) is 15.0. The molecular weight excluding hydrogens is 232 g/mol. The summed E-state index contributed by atoms with van der Waals surface area (Å²) in [6, 6.07) is 0. The number of nitrogens with one attached hydrogen (secondary N) is 2. The molecule has 1 fully saturated rings. The quantitative estimate of drug-likeness (QED) is 0.710. The van der Waals surface area contributed by atoms with Crippen LogP contribution in [0.1, 0.15) is 33.1 Å². The van der Waals surface area contributed by atoms with Crippen molar-refractivity contribution in [3.8, 4) is 0 Å². The van der Waals surface area contributed by atoms with Gasteiger partial charge in [0.15, 0.2) is 0 Å². The molecule has 0 atom stereocenters. The minimum Gasteiger partial charge on any atom is -0.469 e. The molecule has 0 aromatic carbocycles. The lowest BCUT2D eigenvalue weighted by molar-refractivity contribution is -0.150. The Labute approximate surface area is 109 Å². The molecule has 0 saturated carbocycles. The van der Waals surface area contributed by atoms with Gasteiger partial charge < -0.3 is 15.4 Å². The van der Waals surface area contributed by atoms with E-state index in [9.17, 15) is 9.59 Å². The van der Waals surface area contributed by atoms with Crippen LogP contribution in [0.3, 0.4) is 0 Å². The maximum absolute atomic E-state index is 11.8. The summed E-state index contributed by atoms with van der Waals surface area (Å²) in [5.41, 5.74) is -0.668. The lowest BCUT2D eigenvalue weighted by atomic mass is 9.92. The van der Waals surface area contributed by atoms with E-state index in [0.29, 0.717) is 18.9 Å². The van der Waals surface area contributed by atoms with Crippen LogP contribution in [0.25, 0.3) is 0 Å². The van der Waals surface area contributed by atoms with Gasteiger partial charge >= 0.3 is 5.97 Å². The molecule has 5 nitrogen and oxygen atoms in total. The number of hydrogen-bond acceptors (Lipinski definition) is 4. The Kier molecular flexibility index (Phi) is 5.59. The van der Waals surface area contributed by atoms with Crippen LogP contribution >= 0.6 is 0 Å². The minimum absolute atomic E-state index is 0.0267. The first-order valence-electron chi connectivity index (χ1n) is 6.51. The summed E-state index contributed by atoms with van der Waals surface area (Å²) in [5.74, 6) is 0.191. The van der Waals surface area contributed by atoms with Crippen LogP contribution in [-0.4, -0.2) is 38.6 Å². The number of ether oxygens (including phenoxy) is 1. The second kappa shape index (κ2) is 6.73. The normalized spacial score (nSPS) is 17.3. The van der Waals surface area contributed by atoms with E-state index in [-0.39, 0.29) is 11.9 Å². The molecule has 0 spiro atoms. The third-order valence-corrected chi connectivity index (χ3v) is 3.40. The van der Waals surface area contributed by atoms with Crippen LogP contribution < -0.4 is 10.6 Å². The topological polar surface area (TPSA) is 67.4 Å². The fourth-order valence-corrected chi connectivity index (χ4v) is 2.09. The molecule has 0 bridgehead atoms. The molecule has 0 unspecified atom stereocenters. The number of piperidine rings is 1. The zero-order valence-electron chi connectivity index (χ0n) is 11.5. The van der Waals surface area contributed by atoms with Crippen LogP contribution in [0.2, 0.25) is 0 Å². The van der Waals surface area contributed by atoms with Crippen molar-refractivity contribution in [3.63, 3.8) is 0 Å². The predicted octanol–water partition coefficient (Wildman–Crippen LogP) is 0.691. The van der Waals surface area contributed by atoms with Gasteiger partial charge in [0.05, 0.1) is 12.5 Å². The molecule has 2 N–H and O–H groups in total. The molecule has 1 aliphatic heterocycles. The van der Waals surface area contributed by atoms with Crippen LogP contribution in [0.15, 0.2) is 0 Å². The lowest BCUT2D eigenvalue weighted by Gasteiger charge is -2.24. The number of carbonyl (C=O) groups is 2. The number of hydrogen-bond donors (Lipinski definition) is 2. The van der Waals surface area contributed by atoms with E-state index in [1.165, 1.54) is 7.11 Å². The molecule has 18 heavy (non-hydrogen) atoms. The molecule has 0 aromatic heterocycles. The molecule has 0 radical (unpaired) electrons. The van der Waals surface area contributed by atoms with Crippen LogP contribution in [-0.2, 0) is 14.3 Å². The average Bonchev–Trinajstić information content (AvgIpc) is 2.36. The van der Waals surface area contributed by atoms with Gasteiger partial charge in [-0.15, -0.1) is 0 Å². The summed E-state index contributed by atoms with van der Waals surface area (Å²) in [4.78, 5) is 23.2. The largest absolute Gasteiger partial charge is 0.469 e. The van der Waals surface area contributed by atoms with Gasteiger partial charge in [-0.2, -0.15) is 0 Å². The molecular formula is C13H24N2O3. The highest BCUT2D eigenvalue weighted by Gasteiger charge is 2.29. The van der Waals surface area contributed by atoms with Gasteiger partial charge in [-0.05, 0) is 45.7 Å². The van der Waals surface area contributed by atoms with Crippen molar-refractivity contribution in [3.05, 3.63) is 0 Å². The summed E-state index contributed by atoms with van der Waals surface area (Å²) in [7, 11) is 1.36. The fraction of sp³-hybridized carbons (Fsp3) is 0.846. The van der Waals surface area contributed by atoms with E-state index >= 15 is 0 Å². The van der Waals surface area contributed by atoms with Crippen molar-refractivity contribution in [2.24, 2.45) is 11.3 Å². The Morgan fingerprint density at radius 2 is 1.94 bits per heavy atom. The van der Waals surface area contributed by atoms with Crippen molar-refractivity contribution >= 4 is 11.9 Å². The Morgan fingerprint density at radius 3 is 2.50 bits per heavy atom. The number of amides is 1. The predicted molar refractivity (Wildman–Crippen MR) is 69.0 cm³/mol. The van der Waals surface area contributed by atoms with Gasteiger partial charge in [0.25, 0.3) is 0 Å². The van der Waals surface area contributed by atoms with Crippen molar-refractivity contribution in [1.82, 2.24) is 10.6 Å². The fourth-order valence-electron chi connectivity index (χ4n) is 2.09. The minimum atomic E-state index is -0.668. The van der Waals surface area contributed by atoms with Crippen LogP contribution in [0, 0.1) is 11.3 Å². The van der Waals surface area contributed by atoms with E-state index in [1.807, 2.05) is 0 Å². The Hall–Kier alpha value is -1.10. The molecule has 1 rings (SSSR count). The van der Waals surface area contributed by atoms with Crippen LogP contribution in [0.5, 0.6) is 0 Å². The molecule has 1 saturated heterocycles. The monoisotopic (exact) mass is 256 g/mol. The third kappa shape index (κ3) is 4.64. The van der Waals surface area contributed by atoms with Crippen molar-refractivity contribution in [2.75, 3.05) is 26.7 Å². The van der Waals surface area contributed by atoms with Crippen molar-refractivity contribution in [1.29, 1.82) is 0 Å². The second-order valence-electron chi connectivity index (χ2n) is 5.55. The summed E-state index contributed by atoms with van der Waals surface area (Å²) < 4.78 is 4.70. The number of carbonyl (C=O) groups excluding carboxylic acids is 2. The van der Waals surface area contributed by atoms with Gasteiger partial charge in [-0.3, -0.25) is 9.59 Å². The van der Waals surface area contributed by atoms with E-state index in [0.717, 1.165) is 25.9 Å². The highest BCUT2D eigenvalue weighted by atomic mass is 16.5. The highest BCUT2D eigenvalue weighted by molar-refractivity contribution is 5.79. The zero-order valence-corrected chi connectivity index (χ0v) is 11.5. The summed E-state index contributed by atoms with van der Waals surface area (Å²) in [6.07, 6.45) is 2.65. The number of esters is 1. The summed E-state index contributed by atoms with van der Waals surface area (Å²) in [6.45, 7) is 5.84. The van der Waals surface area contributed by atoms with E-state index in [4.69, 9.17) is 4.74 Å². The summed E-state index contributed by atoms with van der Waals surface area (Å²) in [5, 5.41) is 6.10. The molecule has 104 valence electrons. The molecule has 5 heteroatoms. The second-order valence-corrected chi connectivity index (χ2v) is 5.55. The van der Waals surface area contributed by atoms with Crippen molar-refractivity contribution < 1.29 is 14.3 Å². The van der Waals surface area contributed by atoms with Gasteiger partial charge in [-0.1, -0.05) is 0 Å². The first-order chi connectivity index (χ1) is 8.45. The van der Waals surface area contributed by atoms with Crippen molar-refractivity contribution in [2.45, 2.75) is 33.1 Å². The third-order valence-electron chi connectivity index (χ3n) is 3.40. The zero-order chi connectivity index (χ0) is 13.6. The SMILES string of the molecule is COC(=O)C(C)(C)CNC(=O)CC1CCNCC1. The molecule has 0 aromatic rings. The van der Waals surface area contributed by atoms with Gasteiger partial charge in [0.1, 0.15) is 0 Å². The Balaban J connectivity index is 2.29.